The summed E-state index contributed by atoms with van der Waals surface area (Å²) in [4.78, 5) is 32.3. The second kappa shape index (κ2) is 3.87. The predicted molar refractivity (Wildman–Crippen MR) is 57.8 cm³/mol. The van der Waals surface area contributed by atoms with Gasteiger partial charge in [-0.15, -0.1) is 0 Å². The molecule has 1 amide bonds. The van der Waals surface area contributed by atoms with Crippen molar-refractivity contribution in [1.29, 1.82) is 0 Å². The van der Waals surface area contributed by atoms with Crippen LogP contribution in [0.4, 0.5) is 5.95 Å². The van der Waals surface area contributed by atoms with Crippen LogP contribution in [0.15, 0.2) is 11.1 Å². The second-order valence-corrected chi connectivity index (χ2v) is 3.44. The first-order valence-electron chi connectivity index (χ1n) is 4.67. The molecule has 1 atom stereocenters. The highest BCUT2D eigenvalue weighted by atomic mass is 16.3. The number of carbonyl (C=O) groups is 1. The summed E-state index contributed by atoms with van der Waals surface area (Å²) in [5.41, 5.74) is 10.0. The minimum absolute atomic E-state index is 0.0526. The molecule has 0 saturated carbocycles. The lowest BCUT2D eigenvalue weighted by molar-refractivity contribution is -0.126. The zero-order chi connectivity index (χ0) is 12.6. The van der Waals surface area contributed by atoms with E-state index in [1.54, 1.807) is 0 Å². The number of nitrogens with zero attached hydrogens (tertiary/aromatic N) is 3. The number of amides is 1. The van der Waals surface area contributed by atoms with Crippen LogP contribution in [0.5, 0.6) is 0 Å². The predicted octanol–water partition coefficient (Wildman–Crippen LogP) is -2.45. The van der Waals surface area contributed by atoms with Gasteiger partial charge in [-0.25, -0.2) is 4.98 Å². The number of nitrogens with two attached hydrogens (primary N) is 2. The van der Waals surface area contributed by atoms with Crippen LogP contribution in [0.2, 0.25) is 0 Å². The van der Waals surface area contributed by atoms with E-state index in [0.29, 0.717) is 0 Å². The van der Waals surface area contributed by atoms with Crippen LogP contribution in [0.25, 0.3) is 11.2 Å². The Hall–Kier alpha value is -2.42. The van der Waals surface area contributed by atoms with Crippen LogP contribution < -0.4 is 17.0 Å². The van der Waals surface area contributed by atoms with Gasteiger partial charge in [0.25, 0.3) is 5.56 Å². The van der Waals surface area contributed by atoms with Crippen LogP contribution in [0.1, 0.15) is 0 Å². The number of nitrogen functional groups attached to an aromatic ring is 1. The van der Waals surface area contributed by atoms with Crippen LogP contribution in [0.3, 0.4) is 0 Å². The van der Waals surface area contributed by atoms with Crippen molar-refractivity contribution in [2.75, 3.05) is 5.73 Å². The topological polar surface area (TPSA) is 153 Å². The third-order valence-electron chi connectivity index (χ3n) is 2.20. The normalized spacial score (nSPS) is 12.8. The van der Waals surface area contributed by atoms with Crippen molar-refractivity contribution in [2.24, 2.45) is 5.73 Å². The lowest BCUT2D eigenvalue weighted by Gasteiger charge is -2.07. The third kappa shape index (κ3) is 1.95. The van der Waals surface area contributed by atoms with Gasteiger partial charge in [-0.1, -0.05) is 0 Å². The van der Waals surface area contributed by atoms with E-state index in [4.69, 9.17) is 11.5 Å². The Kier molecular flexibility index (Phi) is 2.52. The highest BCUT2D eigenvalue weighted by Crippen LogP contribution is 2.06. The smallest absolute Gasteiger partial charge is 0.278 e. The summed E-state index contributed by atoms with van der Waals surface area (Å²) in [6, 6.07) is 0. The quantitative estimate of drug-likeness (QED) is 0.465. The lowest BCUT2D eigenvalue weighted by atomic mass is 10.3. The van der Waals surface area contributed by atoms with Crippen molar-refractivity contribution in [1.82, 2.24) is 19.5 Å². The van der Waals surface area contributed by atoms with Gasteiger partial charge in [-0.2, -0.15) is 4.98 Å². The van der Waals surface area contributed by atoms with E-state index >= 15 is 0 Å². The van der Waals surface area contributed by atoms with Crippen molar-refractivity contribution in [3.8, 4) is 0 Å². The minimum atomic E-state index is -1.40. The number of H-pyrrole nitrogens is 1. The summed E-state index contributed by atoms with van der Waals surface area (Å²) in [7, 11) is 0. The number of rotatable bonds is 3. The Morgan fingerprint density at radius 2 is 2.35 bits per heavy atom. The SMILES string of the molecule is NC(=O)C(O)Cn1cnc2nc(N)[nH]c(=O)c21. The first-order chi connectivity index (χ1) is 7.99. The van der Waals surface area contributed by atoms with Crippen molar-refractivity contribution in [3.05, 3.63) is 16.7 Å². The molecule has 0 bridgehead atoms. The summed E-state index contributed by atoms with van der Waals surface area (Å²) >= 11 is 0. The van der Waals surface area contributed by atoms with Gasteiger partial charge < -0.3 is 21.1 Å². The molecular weight excluding hydrogens is 228 g/mol. The largest absolute Gasteiger partial charge is 0.381 e. The number of anilines is 1. The van der Waals surface area contributed by atoms with Gasteiger partial charge >= 0.3 is 0 Å². The summed E-state index contributed by atoms with van der Waals surface area (Å²) in [5.74, 6) is -0.935. The van der Waals surface area contributed by atoms with Gasteiger partial charge in [0.2, 0.25) is 11.9 Å². The van der Waals surface area contributed by atoms with Gasteiger partial charge in [-0.3, -0.25) is 14.6 Å². The second-order valence-electron chi connectivity index (χ2n) is 3.44. The summed E-state index contributed by atoms with van der Waals surface area (Å²) < 4.78 is 1.29. The molecule has 90 valence electrons. The van der Waals surface area contributed by atoms with E-state index in [9.17, 15) is 14.7 Å². The fraction of sp³-hybridized carbons (Fsp3) is 0.250. The van der Waals surface area contributed by atoms with E-state index in [1.807, 2.05) is 0 Å². The van der Waals surface area contributed by atoms with Crippen molar-refractivity contribution in [3.63, 3.8) is 0 Å². The standard InChI is InChI=1S/C8H10N6O3/c9-5(16)3(15)1-14-2-11-6-4(14)7(17)13-8(10)12-6/h2-3,15H,1H2,(H2,9,16)(H3,10,12,13,17). The van der Waals surface area contributed by atoms with Crippen molar-refractivity contribution < 1.29 is 9.90 Å². The first kappa shape index (κ1) is 11.1. The number of hydrogen-bond acceptors (Lipinski definition) is 6. The molecule has 1 unspecified atom stereocenters. The molecule has 0 radical (unpaired) electrons. The molecule has 0 aliphatic carbocycles. The molecule has 9 nitrogen and oxygen atoms in total. The van der Waals surface area contributed by atoms with Gasteiger partial charge in [0.1, 0.15) is 6.10 Å². The summed E-state index contributed by atoms with van der Waals surface area (Å²) in [6.45, 7) is -0.166. The number of imidazole rings is 1. The number of primary amides is 1. The van der Waals surface area contributed by atoms with E-state index in [1.165, 1.54) is 10.9 Å². The molecule has 0 aliphatic heterocycles. The molecule has 2 rings (SSSR count). The first-order valence-corrected chi connectivity index (χ1v) is 4.67. The lowest BCUT2D eigenvalue weighted by Crippen LogP contribution is -2.32. The highest BCUT2D eigenvalue weighted by molar-refractivity contribution is 5.79. The maximum Gasteiger partial charge on any atom is 0.278 e. The Bertz CT molecular complexity index is 630. The van der Waals surface area contributed by atoms with Crippen molar-refractivity contribution in [2.45, 2.75) is 12.6 Å². The zero-order valence-electron chi connectivity index (χ0n) is 8.62. The molecule has 17 heavy (non-hydrogen) atoms. The number of aromatic amines is 1. The molecule has 9 heteroatoms. The Labute approximate surface area is 94.1 Å². The monoisotopic (exact) mass is 238 g/mol. The molecule has 6 N–H and O–H groups in total. The third-order valence-corrected chi connectivity index (χ3v) is 2.20. The fourth-order valence-corrected chi connectivity index (χ4v) is 1.42. The minimum Gasteiger partial charge on any atom is -0.381 e. The Morgan fingerprint density at radius 3 is 3.00 bits per heavy atom. The van der Waals surface area contributed by atoms with Crippen LogP contribution >= 0.6 is 0 Å². The molecule has 0 saturated heterocycles. The number of aliphatic hydroxyl groups is 1. The maximum atomic E-state index is 11.6. The molecular formula is C8H10N6O3. The van der Waals surface area contributed by atoms with Crippen LogP contribution in [-0.4, -0.2) is 36.6 Å². The summed E-state index contributed by atoms with van der Waals surface area (Å²) in [6.07, 6.45) is -0.122. The van der Waals surface area contributed by atoms with Gasteiger partial charge in [0.15, 0.2) is 11.2 Å². The maximum absolute atomic E-state index is 11.6. The summed E-state index contributed by atoms with van der Waals surface area (Å²) in [5, 5.41) is 9.32. The number of aromatic nitrogens is 4. The molecule has 0 fully saturated rings. The zero-order valence-corrected chi connectivity index (χ0v) is 8.62. The van der Waals surface area contributed by atoms with Crippen LogP contribution in [0, 0.1) is 0 Å². The Morgan fingerprint density at radius 1 is 1.65 bits per heavy atom. The molecule has 2 heterocycles. The van der Waals surface area contributed by atoms with E-state index in [-0.39, 0.29) is 23.7 Å². The highest BCUT2D eigenvalue weighted by Gasteiger charge is 2.15. The number of carbonyl (C=O) groups excluding carboxylic acids is 1. The average Bonchev–Trinajstić information content (AvgIpc) is 2.60. The van der Waals surface area contributed by atoms with E-state index in [2.05, 4.69) is 15.0 Å². The van der Waals surface area contributed by atoms with E-state index in [0.717, 1.165) is 0 Å². The van der Waals surface area contributed by atoms with Gasteiger partial charge in [-0.05, 0) is 0 Å². The number of nitrogens with one attached hydrogen (secondary N) is 1. The fourth-order valence-electron chi connectivity index (χ4n) is 1.42. The van der Waals surface area contributed by atoms with Gasteiger partial charge in [0.05, 0.1) is 12.9 Å². The molecule has 0 aliphatic rings. The molecule has 0 spiro atoms. The Balaban J connectivity index is 2.50. The van der Waals surface area contributed by atoms with Crippen molar-refractivity contribution >= 4 is 23.0 Å². The van der Waals surface area contributed by atoms with Gasteiger partial charge in [0, 0.05) is 0 Å². The molecule has 2 aromatic heterocycles. The number of fused-ring (bicyclic) bond motifs is 1. The molecule has 2 aromatic rings. The number of aliphatic hydroxyl groups excluding tert-OH is 1. The molecule has 0 aromatic carbocycles. The van der Waals surface area contributed by atoms with Crippen LogP contribution in [-0.2, 0) is 11.3 Å². The number of hydrogen-bond donors (Lipinski definition) is 4. The van der Waals surface area contributed by atoms with E-state index < -0.39 is 17.6 Å². The average molecular weight is 238 g/mol.